The molecule has 10 nitrogen and oxygen atoms in total. The lowest BCUT2D eigenvalue weighted by molar-refractivity contribution is 0.0730. The van der Waals surface area contributed by atoms with Crippen LogP contribution in [0.5, 0.6) is 0 Å². The van der Waals surface area contributed by atoms with Crippen LogP contribution in [0.15, 0.2) is 39.1 Å². The van der Waals surface area contributed by atoms with Crippen LogP contribution >= 0.6 is 0 Å². The lowest BCUT2D eigenvalue weighted by Gasteiger charge is -2.26. The first-order valence-electron chi connectivity index (χ1n) is 8.30. The quantitative estimate of drug-likeness (QED) is 0.554. The number of aryl methyl sites for hydroxylation is 1. The van der Waals surface area contributed by atoms with E-state index in [0.717, 1.165) is 5.56 Å². The molecule has 0 amide bonds. The highest BCUT2D eigenvalue weighted by atomic mass is 32.2. The van der Waals surface area contributed by atoms with Crippen molar-refractivity contribution in [1.82, 2.24) is 19.5 Å². The number of nitrogens with zero attached hydrogens (tertiary/aromatic N) is 4. The van der Waals surface area contributed by atoms with E-state index in [4.69, 9.17) is 4.74 Å². The van der Waals surface area contributed by atoms with Gasteiger partial charge in [0.25, 0.3) is 5.56 Å². The summed E-state index contributed by atoms with van der Waals surface area (Å²) in [5, 5.41) is 11.6. The van der Waals surface area contributed by atoms with Crippen molar-refractivity contribution in [2.75, 3.05) is 31.7 Å². The van der Waals surface area contributed by atoms with Gasteiger partial charge < -0.3 is 4.74 Å². The predicted molar refractivity (Wildman–Crippen MR) is 99.2 cm³/mol. The SMILES string of the molecule is C/C(=N\Nc1nnc(C)c(=O)[nH]1)c1ccc(S(=O)(=O)N2CCOCC2)cc1. The maximum Gasteiger partial charge on any atom is 0.274 e. The molecule has 2 aromatic rings. The molecule has 2 heterocycles. The minimum atomic E-state index is -3.53. The van der Waals surface area contributed by atoms with Gasteiger partial charge in [-0.1, -0.05) is 12.1 Å². The number of aromatic amines is 1. The molecule has 3 rings (SSSR count). The highest BCUT2D eigenvalue weighted by Gasteiger charge is 2.26. The summed E-state index contributed by atoms with van der Waals surface area (Å²) in [6.45, 7) is 4.81. The molecule has 1 aromatic carbocycles. The van der Waals surface area contributed by atoms with Crippen molar-refractivity contribution in [3.05, 3.63) is 45.9 Å². The number of sulfonamides is 1. The Morgan fingerprint density at radius 1 is 1.22 bits per heavy atom. The maximum atomic E-state index is 12.6. The summed E-state index contributed by atoms with van der Waals surface area (Å²) >= 11 is 0. The van der Waals surface area contributed by atoms with Crippen molar-refractivity contribution in [2.45, 2.75) is 18.7 Å². The van der Waals surface area contributed by atoms with Crippen LogP contribution in [0.2, 0.25) is 0 Å². The number of benzene rings is 1. The molecule has 0 bridgehead atoms. The highest BCUT2D eigenvalue weighted by molar-refractivity contribution is 7.89. The zero-order valence-corrected chi connectivity index (χ0v) is 15.8. The maximum absolute atomic E-state index is 12.6. The lowest BCUT2D eigenvalue weighted by atomic mass is 10.1. The van der Waals surface area contributed by atoms with Crippen molar-refractivity contribution >= 4 is 21.7 Å². The van der Waals surface area contributed by atoms with Crippen LogP contribution in [0.4, 0.5) is 5.95 Å². The van der Waals surface area contributed by atoms with E-state index in [-0.39, 0.29) is 22.1 Å². The van der Waals surface area contributed by atoms with E-state index >= 15 is 0 Å². The van der Waals surface area contributed by atoms with Crippen LogP contribution in [-0.4, -0.2) is 59.9 Å². The van der Waals surface area contributed by atoms with Crippen molar-refractivity contribution in [3.63, 3.8) is 0 Å². The number of rotatable bonds is 5. The summed E-state index contributed by atoms with van der Waals surface area (Å²) < 4.78 is 31.8. The Morgan fingerprint density at radius 3 is 2.52 bits per heavy atom. The Balaban J connectivity index is 1.73. The fourth-order valence-electron chi connectivity index (χ4n) is 2.45. The summed E-state index contributed by atoms with van der Waals surface area (Å²) in [4.78, 5) is 14.2. The van der Waals surface area contributed by atoms with Gasteiger partial charge in [0.1, 0.15) is 5.69 Å². The molecule has 144 valence electrons. The molecule has 0 spiro atoms. The van der Waals surface area contributed by atoms with E-state index in [1.165, 1.54) is 4.31 Å². The molecular weight excluding hydrogens is 372 g/mol. The van der Waals surface area contributed by atoms with Crippen LogP contribution in [0.3, 0.4) is 0 Å². The van der Waals surface area contributed by atoms with Crippen LogP contribution in [0.1, 0.15) is 18.2 Å². The van der Waals surface area contributed by atoms with Gasteiger partial charge in [-0.05, 0) is 31.5 Å². The molecule has 0 unspecified atom stereocenters. The first-order valence-corrected chi connectivity index (χ1v) is 9.74. The molecule has 0 radical (unpaired) electrons. The molecule has 0 aliphatic carbocycles. The van der Waals surface area contributed by atoms with Gasteiger partial charge in [0.15, 0.2) is 0 Å². The first kappa shape index (κ1) is 19.1. The Bertz CT molecular complexity index is 994. The largest absolute Gasteiger partial charge is 0.379 e. The molecule has 2 N–H and O–H groups in total. The average Bonchev–Trinajstić information content (AvgIpc) is 2.69. The van der Waals surface area contributed by atoms with Crippen molar-refractivity contribution in [1.29, 1.82) is 0 Å². The molecule has 27 heavy (non-hydrogen) atoms. The second-order valence-electron chi connectivity index (χ2n) is 5.94. The van der Waals surface area contributed by atoms with Crippen LogP contribution in [-0.2, 0) is 14.8 Å². The minimum Gasteiger partial charge on any atom is -0.379 e. The summed E-state index contributed by atoms with van der Waals surface area (Å²) in [7, 11) is -3.53. The molecule has 1 aliphatic heterocycles. The number of aromatic nitrogens is 3. The second-order valence-corrected chi connectivity index (χ2v) is 7.88. The van der Waals surface area contributed by atoms with Gasteiger partial charge >= 0.3 is 0 Å². The van der Waals surface area contributed by atoms with E-state index in [1.54, 1.807) is 38.1 Å². The third-order valence-electron chi connectivity index (χ3n) is 4.07. The Hall–Kier alpha value is -2.63. The van der Waals surface area contributed by atoms with Crippen LogP contribution in [0.25, 0.3) is 0 Å². The fraction of sp³-hybridized carbons (Fsp3) is 0.375. The molecule has 1 saturated heterocycles. The Labute approximate surface area is 156 Å². The third kappa shape index (κ3) is 4.38. The average molecular weight is 392 g/mol. The van der Waals surface area contributed by atoms with Gasteiger partial charge in [0.2, 0.25) is 16.0 Å². The zero-order valence-electron chi connectivity index (χ0n) is 15.0. The Kier molecular flexibility index (Phi) is 5.63. The van der Waals surface area contributed by atoms with Gasteiger partial charge in [-0.3, -0.25) is 9.78 Å². The van der Waals surface area contributed by atoms with Gasteiger partial charge in [-0.2, -0.15) is 9.41 Å². The smallest absolute Gasteiger partial charge is 0.274 e. The van der Waals surface area contributed by atoms with Crippen LogP contribution < -0.4 is 11.0 Å². The van der Waals surface area contributed by atoms with E-state index < -0.39 is 10.0 Å². The summed E-state index contributed by atoms with van der Waals surface area (Å²) in [5.74, 6) is 0.122. The minimum absolute atomic E-state index is 0.122. The summed E-state index contributed by atoms with van der Waals surface area (Å²) in [5.41, 5.74) is 3.86. The summed E-state index contributed by atoms with van der Waals surface area (Å²) in [6.07, 6.45) is 0. The number of anilines is 1. The van der Waals surface area contributed by atoms with Gasteiger partial charge in [0.05, 0.1) is 23.8 Å². The molecule has 11 heteroatoms. The number of hydrogen-bond acceptors (Lipinski definition) is 8. The standard InChI is InChI=1S/C16H20N6O4S/c1-11(18-20-16-17-15(23)12(2)19-21-16)13-3-5-14(6-4-13)27(24,25)22-7-9-26-10-8-22/h3-6H,7-10H2,1-2H3,(H2,17,20,21,23)/b18-11+. The molecule has 1 aliphatic rings. The number of hydrazone groups is 1. The summed E-state index contributed by atoms with van der Waals surface area (Å²) in [6, 6.07) is 6.45. The van der Waals surface area contributed by atoms with Gasteiger partial charge in [-0.15, -0.1) is 10.2 Å². The van der Waals surface area contributed by atoms with Crippen molar-refractivity contribution in [2.24, 2.45) is 5.10 Å². The van der Waals surface area contributed by atoms with Crippen molar-refractivity contribution in [3.8, 4) is 0 Å². The number of H-pyrrole nitrogens is 1. The van der Waals surface area contributed by atoms with E-state index in [0.29, 0.717) is 32.0 Å². The highest BCUT2D eigenvalue weighted by Crippen LogP contribution is 2.18. The van der Waals surface area contributed by atoms with Gasteiger partial charge in [-0.25, -0.2) is 13.8 Å². The van der Waals surface area contributed by atoms with Gasteiger partial charge in [0, 0.05) is 13.1 Å². The number of nitrogens with one attached hydrogen (secondary N) is 2. The zero-order chi connectivity index (χ0) is 19.4. The molecular formula is C16H20N6O4S. The first-order chi connectivity index (χ1) is 12.9. The van der Waals surface area contributed by atoms with E-state index in [2.05, 4.69) is 25.7 Å². The molecule has 0 atom stereocenters. The van der Waals surface area contributed by atoms with Crippen LogP contribution in [0, 0.1) is 6.92 Å². The van der Waals surface area contributed by atoms with E-state index in [1.807, 2.05) is 0 Å². The lowest BCUT2D eigenvalue weighted by Crippen LogP contribution is -2.40. The number of hydrogen-bond donors (Lipinski definition) is 2. The monoisotopic (exact) mass is 392 g/mol. The fourth-order valence-corrected chi connectivity index (χ4v) is 3.86. The second kappa shape index (κ2) is 7.94. The predicted octanol–water partition coefficient (Wildman–Crippen LogP) is 0.330. The van der Waals surface area contributed by atoms with E-state index in [9.17, 15) is 13.2 Å². The number of morpholine rings is 1. The third-order valence-corrected chi connectivity index (χ3v) is 5.98. The number of ether oxygens (including phenoxy) is 1. The molecule has 1 aromatic heterocycles. The molecule has 1 fully saturated rings. The molecule has 0 saturated carbocycles. The Morgan fingerprint density at radius 2 is 1.89 bits per heavy atom. The normalized spacial score (nSPS) is 16.3. The topological polar surface area (TPSA) is 130 Å². The van der Waals surface area contributed by atoms with Crippen molar-refractivity contribution < 1.29 is 13.2 Å².